The van der Waals surface area contributed by atoms with Gasteiger partial charge in [-0.05, 0) is 31.6 Å². The Morgan fingerprint density at radius 2 is 1.76 bits per heavy atom. The second kappa shape index (κ2) is 11.9. The number of hydrogen-bond acceptors (Lipinski definition) is 3. The number of carbonyl (C=O) groups is 1. The Bertz CT molecular complexity index is 178. The van der Waals surface area contributed by atoms with E-state index in [-0.39, 0.29) is 12.6 Å². The minimum atomic E-state index is -0.0708. The third-order valence-corrected chi connectivity index (χ3v) is 2.73. The number of esters is 1. The zero-order chi connectivity index (χ0) is 12.9. The Labute approximate surface area is 106 Å². The van der Waals surface area contributed by atoms with Crippen LogP contribution in [0.2, 0.25) is 0 Å². The van der Waals surface area contributed by atoms with E-state index in [2.05, 4.69) is 13.8 Å². The lowest BCUT2D eigenvalue weighted by Gasteiger charge is -2.05. The van der Waals surface area contributed by atoms with Gasteiger partial charge in [-0.15, -0.1) is 0 Å². The van der Waals surface area contributed by atoms with E-state index in [0.717, 1.165) is 38.0 Å². The standard InChI is InChI=1S/C14H28O3/c1-13(2)9-5-3-6-10-14(16)17-12-8-4-7-11-15/h13,15H,3-12H2,1-2H3. The largest absolute Gasteiger partial charge is 0.466 e. The molecule has 0 radical (unpaired) electrons. The molecule has 0 saturated carbocycles. The maximum absolute atomic E-state index is 11.3. The van der Waals surface area contributed by atoms with Crippen LogP contribution in [0.5, 0.6) is 0 Å². The van der Waals surface area contributed by atoms with Gasteiger partial charge >= 0.3 is 5.97 Å². The fourth-order valence-corrected chi connectivity index (χ4v) is 1.65. The molecule has 0 bridgehead atoms. The minimum Gasteiger partial charge on any atom is -0.466 e. The summed E-state index contributed by atoms with van der Waals surface area (Å²) in [5, 5.41) is 8.57. The lowest BCUT2D eigenvalue weighted by Crippen LogP contribution is -2.05. The number of unbranched alkanes of at least 4 members (excludes halogenated alkanes) is 4. The summed E-state index contributed by atoms with van der Waals surface area (Å²) < 4.78 is 5.10. The molecule has 0 aliphatic rings. The van der Waals surface area contributed by atoms with Crippen molar-refractivity contribution in [2.45, 2.75) is 65.2 Å². The number of ether oxygens (including phenoxy) is 1. The first kappa shape index (κ1) is 16.4. The predicted octanol–water partition coefficient (Wildman–Crippen LogP) is 3.30. The molecule has 0 aliphatic heterocycles. The van der Waals surface area contributed by atoms with Gasteiger partial charge in [0.25, 0.3) is 0 Å². The molecule has 0 amide bonds. The van der Waals surface area contributed by atoms with Gasteiger partial charge in [0.2, 0.25) is 0 Å². The highest BCUT2D eigenvalue weighted by Crippen LogP contribution is 2.09. The number of carbonyl (C=O) groups excluding carboxylic acids is 1. The summed E-state index contributed by atoms with van der Waals surface area (Å²) in [7, 11) is 0. The zero-order valence-corrected chi connectivity index (χ0v) is 11.4. The molecule has 3 nitrogen and oxygen atoms in total. The molecule has 0 atom stereocenters. The van der Waals surface area contributed by atoms with Crippen molar-refractivity contribution in [3.05, 3.63) is 0 Å². The Hall–Kier alpha value is -0.570. The van der Waals surface area contributed by atoms with Crippen LogP contribution >= 0.6 is 0 Å². The molecule has 102 valence electrons. The second-order valence-electron chi connectivity index (χ2n) is 5.00. The second-order valence-corrected chi connectivity index (χ2v) is 5.00. The maximum Gasteiger partial charge on any atom is 0.305 e. The highest BCUT2D eigenvalue weighted by atomic mass is 16.5. The predicted molar refractivity (Wildman–Crippen MR) is 69.8 cm³/mol. The average molecular weight is 244 g/mol. The van der Waals surface area contributed by atoms with E-state index in [1.165, 1.54) is 12.8 Å². The van der Waals surface area contributed by atoms with E-state index in [1.807, 2.05) is 0 Å². The van der Waals surface area contributed by atoms with Crippen molar-refractivity contribution in [3.8, 4) is 0 Å². The van der Waals surface area contributed by atoms with Crippen molar-refractivity contribution < 1.29 is 14.6 Å². The van der Waals surface area contributed by atoms with Gasteiger partial charge in [0, 0.05) is 13.0 Å². The molecule has 0 rings (SSSR count). The highest BCUT2D eigenvalue weighted by molar-refractivity contribution is 5.69. The van der Waals surface area contributed by atoms with Crippen molar-refractivity contribution in [1.29, 1.82) is 0 Å². The van der Waals surface area contributed by atoms with Crippen LogP contribution in [0, 0.1) is 5.92 Å². The lowest BCUT2D eigenvalue weighted by molar-refractivity contribution is -0.143. The molecule has 0 heterocycles. The van der Waals surface area contributed by atoms with E-state index in [4.69, 9.17) is 9.84 Å². The van der Waals surface area contributed by atoms with E-state index < -0.39 is 0 Å². The fraction of sp³-hybridized carbons (Fsp3) is 0.929. The Balaban J connectivity index is 3.18. The van der Waals surface area contributed by atoms with Crippen LogP contribution in [0.4, 0.5) is 0 Å². The van der Waals surface area contributed by atoms with Crippen molar-refractivity contribution >= 4 is 5.97 Å². The monoisotopic (exact) mass is 244 g/mol. The van der Waals surface area contributed by atoms with Crippen LogP contribution in [0.15, 0.2) is 0 Å². The molecule has 0 spiro atoms. The van der Waals surface area contributed by atoms with Gasteiger partial charge < -0.3 is 9.84 Å². The van der Waals surface area contributed by atoms with Gasteiger partial charge in [-0.25, -0.2) is 0 Å². The Morgan fingerprint density at radius 3 is 2.41 bits per heavy atom. The fourth-order valence-electron chi connectivity index (χ4n) is 1.65. The quantitative estimate of drug-likeness (QED) is 0.448. The topological polar surface area (TPSA) is 46.5 Å². The first-order chi connectivity index (χ1) is 8.16. The first-order valence-corrected chi connectivity index (χ1v) is 6.93. The van der Waals surface area contributed by atoms with E-state index in [1.54, 1.807) is 0 Å². The molecule has 1 N–H and O–H groups in total. The van der Waals surface area contributed by atoms with E-state index in [9.17, 15) is 4.79 Å². The van der Waals surface area contributed by atoms with Crippen molar-refractivity contribution in [3.63, 3.8) is 0 Å². The van der Waals surface area contributed by atoms with Crippen LogP contribution in [0.25, 0.3) is 0 Å². The van der Waals surface area contributed by atoms with Crippen LogP contribution < -0.4 is 0 Å². The first-order valence-electron chi connectivity index (χ1n) is 6.93. The Morgan fingerprint density at radius 1 is 1.06 bits per heavy atom. The van der Waals surface area contributed by atoms with Gasteiger partial charge in [-0.1, -0.05) is 33.1 Å². The van der Waals surface area contributed by atoms with E-state index in [0.29, 0.717) is 13.0 Å². The van der Waals surface area contributed by atoms with Gasteiger partial charge in [0.05, 0.1) is 6.61 Å². The van der Waals surface area contributed by atoms with Crippen LogP contribution in [-0.4, -0.2) is 24.3 Å². The lowest BCUT2D eigenvalue weighted by atomic mass is 10.0. The minimum absolute atomic E-state index is 0.0708. The van der Waals surface area contributed by atoms with Gasteiger partial charge in [0.15, 0.2) is 0 Å². The molecule has 0 aliphatic carbocycles. The summed E-state index contributed by atoms with van der Waals surface area (Å²) in [4.78, 5) is 11.3. The normalized spacial score (nSPS) is 10.8. The van der Waals surface area contributed by atoms with Crippen LogP contribution in [-0.2, 0) is 9.53 Å². The van der Waals surface area contributed by atoms with Gasteiger partial charge in [-0.2, -0.15) is 0 Å². The molecule has 0 unspecified atom stereocenters. The van der Waals surface area contributed by atoms with Gasteiger partial charge in [-0.3, -0.25) is 4.79 Å². The van der Waals surface area contributed by atoms with Gasteiger partial charge in [0.1, 0.15) is 0 Å². The summed E-state index contributed by atoms with van der Waals surface area (Å²) in [6, 6.07) is 0. The highest BCUT2D eigenvalue weighted by Gasteiger charge is 2.02. The molecule has 17 heavy (non-hydrogen) atoms. The van der Waals surface area contributed by atoms with E-state index >= 15 is 0 Å². The molecule has 3 heteroatoms. The molecule has 0 aromatic rings. The molecule has 0 aromatic heterocycles. The number of aliphatic hydroxyl groups excluding tert-OH is 1. The average Bonchev–Trinajstić information content (AvgIpc) is 2.28. The zero-order valence-electron chi connectivity index (χ0n) is 11.4. The van der Waals surface area contributed by atoms with Crippen molar-refractivity contribution in [2.75, 3.05) is 13.2 Å². The molecular formula is C14H28O3. The summed E-state index contributed by atoms with van der Waals surface area (Å²) in [5.74, 6) is 0.687. The SMILES string of the molecule is CC(C)CCCCCC(=O)OCCCCCO. The molecular weight excluding hydrogens is 216 g/mol. The summed E-state index contributed by atoms with van der Waals surface area (Å²) in [5.41, 5.74) is 0. The maximum atomic E-state index is 11.3. The van der Waals surface area contributed by atoms with Crippen molar-refractivity contribution in [2.24, 2.45) is 5.92 Å². The summed E-state index contributed by atoms with van der Waals surface area (Å²) in [6.07, 6.45) is 7.67. The number of rotatable bonds is 11. The summed E-state index contributed by atoms with van der Waals surface area (Å²) in [6.45, 7) is 5.18. The number of hydrogen-bond donors (Lipinski definition) is 1. The third-order valence-electron chi connectivity index (χ3n) is 2.73. The van der Waals surface area contributed by atoms with Crippen molar-refractivity contribution in [1.82, 2.24) is 0 Å². The Kier molecular flexibility index (Phi) is 11.5. The third kappa shape index (κ3) is 13.4. The van der Waals surface area contributed by atoms with Crippen LogP contribution in [0.1, 0.15) is 65.2 Å². The summed E-state index contributed by atoms with van der Waals surface area (Å²) >= 11 is 0. The molecule has 0 fully saturated rings. The molecule has 0 saturated heterocycles. The van der Waals surface area contributed by atoms with Crippen LogP contribution in [0.3, 0.4) is 0 Å². The number of aliphatic hydroxyl groups is 1. The molecule has 0 aromatic carbocycles. The smallest absolute Gasteiger partial charge is 0.305 e.